The van der Waals surface area contributed by atoms with E-state index in [1.807, 2.05) is 46.4 Å². The molecule has 2 fully saturated rings. The Morgan fingerprint density at radius 2 is 1.97 bits per heavy atom. The summed E-state index contributed by atoms with van der Waals surface area (Å²) in [5.74, 6) is 0.683. The number of rotatable bonds is 6. The minimum Gasteiger partial charge on any atom is -0.492 e. The minimum atomic E-state index is -0.229. The molecule has 2 aromatic rings. The van der Waals surface area contributed by atoms with Crippen molar-refractivity contribution in [3.8, 4) is 5.75 Å². The van der Waals surface area contributed by atoms with Gasteiger partial charge in [0.05, 0.1) is 12.6 Å². The fourth-order valence-corrected chi connectivity index (χ4v) is 4.98. The van der Waals surface area contributed by atoms with Gasteiger partial charge in [-0.2, -0.15) is 0 Å². The van der Waals surface area contributed by atoms with Crippen LogP contribution >= 0.6 is 11.3 Å². The summed E-state index contributed by atoms with van der Waals surface area (Å²) in [5, 5.41) is 1.89. The highest BCUT2D eigenvalue weighted by Gasteiger charge is 2.40. The number of nitrogens with zero attached hydrogens (tertiary/aromatic N) is 2. The van der Waals surface area contributed by atoms with Crippen molar-refractivity contribution < 1.29 is 19.1 Å². The summed E-state index contributed by atoms with van der Waals surface area (Å²) in [5.41, 5.74) is 1.20. The highest BCUT2D eigenvalue weighted by molar-refractivity contribution is 7.12. The zero-order valence-electron chi connectivity index (χ0n) is 16.6. The first-order valence-corrected chi connectivity index (χ1v) is 11.0. The molecule has 0 bridgehead atoms. The molecule has 7 heteroatoms. The van der Waals surface area contributed by atoms with Crippen LogP contribution in [0, 0.1) is 0 Å². The molecular formula is C22H26N2O4S. The Morgan fingerprint density at radius 1 is 1.21 bits per heavy atom. The molecule has 4 rings (SSSR count). The summed E-state index contributed by atoms with van der Waals surface area (Å²) in [6.45, 7) is 4.15. The average molecular weight is 415 g/mol. The van der Waals surface area contributed by atoms with Crippen molar-refractivity contribution >= 4 is 23.3 Å². The Labute approximate surface area is 175 Å². The van der Waals surface area contributed by atoms with Gasteiger partial charge in [-0.25, -0.2) is 4.79 Å². The number of piperidine rings is 1. The van der Waals surface area contributed by atoms with Gasteiger partial charge in [-0.3, -0.25) is 9.69 Å². The van der Waals surface area contributed by atoms with E-state index in [-0.39, 0.29) is 24.1 Å². The highest BCUT2D eigenvalue weighted by Crippen LogP contribution is 2.30. The lowest BCUT2D eigenvalue weighted by Gasteiger charge is -2.37. The summed E-state index contributed by atoms with van der Waals surface area (Å²) in [4.78, 5) is 29.7. The number of thiophene rings is 1. The van der Waals surface area contributed by atoms with Gasteiger partial charge in [-0.15, -0.1) is 11.3 Å². The molecule has 2 aliphatic heterocycles. The van der Waals surface area contributed by atoms with E-state index in [2.05, 4.69) is 12.1 Å². The van der Waals surface area contributed by atoms with Crippen LogP contribution in [-0.2, 0) is 11.2 Å². The van der Waals surface area contributed by atoms with Crippen molar-refractivity contribution in [1.29, 1.82) is 0 Å². The Balaban J connectivity index is 1.38. The second-order valence-electron chi connectivity index (χ2n) is 7.40. The van der Waals surface area contributed by atoms with Crippen molar-refractivity contribution in [2.24, 2.45) is 0 Å². The van der Waals surface area contributed by atoms with Gasteiger partial charge in [0.2, 0.25) is 0 Å². The standard InChI is InChI=1S/C22H26N2O4S/c1-2-27-19-10-13-29-20(19)21(25)23-11-8-17(9-12-23)24-18(15-28-22(24)26)14-16-6-4-3-5-7-16/h3-7,10,13,17-18H,2,8-9,11-12,14-15H2,1H3. The Kier molecular flexibility index (Phi) is 6.04. The molecule has 1 atom stereocenters. The van der Waals surface area contributed by atoms with Crippen LogP contribution in [0.5, 0.6) is 5.75 Å². The predicted molar refractivity (Wildman–Crippen MR) is 112 cm³/mol. The zero-order valence-corrected chi connectivity index (χ0v) is 17.4. The van der Waals surface area contributed by atoms with E-state index in [1.165, 1.54) is 16.9 Å². The molecule has 1 aromatic carbocycles. The van der Waals surface area contributed by atoms with E-state index < -0.39 is 0 Å². The zero-order chi connectivity index (χ0) is 20.2. The van der Waals surface area contributed by atoms with E-state index in [4.69, 9.17) is 9.47 Å². The van der Waals surface area contributed by atoms with Crippen molar-refractivity contribution in [3.63, 3.8) is 0 Å². The van der Waals surface area contributed by atoms with Crippen molar-refractivity contribution in [1.82, 2.24) is 9.80 Å². The number of hydrogen-bond donors (Lipinski definition) is 0. The molecular weight excluding hydrogens is 388 g/mol. The number of cyclic esters (lactones) is 1. The lowest BCUT2D eigenvalue weighted by molar-refractivity contribution is 0.0638. The molecule has 2 amide bonds. The molecule has 29 heavy (non-hydrogen) atoms. The van der Waals surface area contributed by atoms with Crippen molar-refractivity contribution in [3.05, 3.63) is 52.2 Å². The van der Waals surface area contributed by atoms with Gasteiger partial charge in [0.25, 0.3) is 5.91 Å². The lowest BCUT2D eigenvalue weighted by atomic mass is 9.99. The van der Waals surface area contributed by atoms with Crippen LogP contribution in [-0.4, -0.2) is 60.2 Å². The first kappa shape index (κ1) is 19.8. The summed E-state index contributed by atoms with van der Waals surface area (Å²) >= 11 is 1.42. The van der Waals surface area contributed by atoms with E-state index in [1.54, 1.807) is 0 Å². The Bertz CT molecular complexity index is 846. The fraction of sp³-hybridized carbons (Fsp3) is 0.455. The lowest BCUT2D eigenvalue weighted by Crippen LogP contribution is -2.50. The maximum absolute atomic E-state index is 12.9. The summed E-state index contributed by atoms with van der Waals surface area (Å²) in [7, 11) is 0. The number of benzene rings is 1. The molecule has 6 nitrogen and oxygen atoms in total. The van der Waals surface area contributed by atoms with Crippen molar-refractivity contribution in [2.45, 2.75) is 38.3 Å². The number of carbonyl (C=O) groups excluding carboxylic acids is 2. The van der Waals surface area contributed by atoms with Crippen LogP contribution in [0.25, 0.3) is 0 Å². The third-order valence-corrected chi connectivity index (χ3v) is 6.47. The van der Waals surface area contributed by atoms with Crippen LogP contribution in [0.3, 0.4) is 0 Å². The normalized spacial score (nSPS) is 20.0. The van der Waals surface area contributed by atoms with Gasteiger partial charge in [-0.05, 0) is 43.2 Å². The van der Waals surface area contributed by atoms with E-state index in [9.17, 15) is 9.59 Å². The predicted octanol–water partition coefficient (Wildman–Crippen LogP) is 3.81. The van der Waals surface area contributed by atoms with E-state index in [0.29, 0.717) is 36.9 Å². The summed E-state index contributed by atoms with van der Waals surface area (Å²) < 4.78 is 10.9. The number of ether oxygens (including phenoxy) is 2. The summed E-state index contributed by atoms with van der Waals surface area (Å²) in [6.07, 6.45) is 2.09. The maximum atomic E-state index is 12.9. The molecule has 1 aromatic heterocycles. The molecule has 0 radical (unpaired) electrons. The van der Waals surface area contributed by atoms with E-state index >= 15 is 0 Å². The second kappa shape index (κ2) is 8.86. The Hall–Kier alpha value is -2.54. The Morgan fingerprint density at radius 3 is 2.69 bits per heavy atom. The number of likely N-dealkylation sites (tertiary alicyclic amines) is 1. The molecule has 3 heterocycles. The molecule has 2 saturated heterocycles. The van der Waals surface area contributed by atoms with Crippen LogP contribution in [0.1, 0.15) is 35.0 Å². The second-order valence-corrected chi connectivity index (χ2v) is 8.31. The first-order valence-electron chi connectivity index (χ1n) is 10.2. The summed E-state index contributed by atoms with van der Waals surface area (Å²) in [6, 6.07) is 12.2. The number of amides is 2. The third-order valence-electron chi connectivity index (χ3n) is 5.59. The van der Waals surface area contributed by atoms with E-state index in [0.717, 1.165) is 19.3 Å². The average Bonchev–Trinajstić information content (AvgIpc) is 3.35. The monoisotopic (exact) mass is 414 g/mol. The third kappa shape index (κ3) is 4.24. The van der Waals surface area contributed by atoms with Gasteiger partial charge >= 0.3 is 6.09 Å². The van der Waals surface area contributed by atoms with Gasteiger partial charge < -0.3 is 14.4 Å². The fourth-order valence-electron chi connectivity index (χ4n) is 4.18. The topological polar surface area (TPSA) is 59.1 Å². The molecule has 1 unspecified atom stereocenters. The van der Waals surface area contributed by atoms with Crippen LogP contribution in [0.4, 0.5) is 4.79 Å². The van der Waals surface area contributed by atoms with Crippen LogP contribution in [0.2, 0.25) is 0 Å². The van der Waals surface area contributed by atoms with Gasteiger partial charge in [-0.1, -0.05) is 30.3 Å². The van der Waals surface area contributed by atoms with Crippen LogP contribution in [0.15, 0.2) is 41.8 Å². The molecule has 0 N–H and O–H groups in total. The van der Waals surface area contributed by atoms with Gasteiger partial charge in [0.15, 0.2) is 0 Å². The highest BCUT2D eigenvalue weighted by atomic mass is 32.1. The SMILES string of the molecule is CCOc1ccsc1C(=O)N1CCC(N2C(=O)OCC2Cc2ccccc2)CC1. The maximum Gasteiger partial charge on any atom is 0.410 e. The first-order chi connectivity index (χ1) is 14.2. The quantitative estimate of drug-likeness (QED) is 0.721. The van der Waals surface area contributed by atoms with Crippen molar-refractivity contribution in [2.75, 3.05) is 26.3 Å². The number of carbonyl (C=O) groups is 2. The molecule has 2 aliphatic rings. The minimum absolute atomic E-state index is 0.0201. The smallest absolute Gasteiger partial charge is 0.410 e. The molecule has 0 aliphatic carbocycles. The largest absolute Gasteiger partial charge is 0.492 e. The molecule has 154 valence electrons. The van der Waals surface area contributed by atoms with Gasteiger partial charge in [0, 0.05) is 19.1 Å². The molecule has 0 saturated carbocycles. The van der Waals surface area contributed by atoms with Crippen LogP contribution < -0.4 is 4.74 Å². The van der Waals surface area contributed by atoms with Gasteiger partial charge in [0.1, 0.15) is 17.2 Å². The molecule has 0 spiro atoms. The number of hydrogen-bond acceptors (Lipinski definition) is 5.